The van der Waals surface area contributed by atoms with Gasteiger partial charge in [-0.15, -0.1) is 0 Å². The summed E-state index contributed by atoms with van der Waals surface area (Å²) >= 11 is 0. The molecule has 1 aromatic carbocycles. The van der Waals surface area contributed by atoms with Crippen LogP contribution in [-0.4, -0.2) is 41.9 Å². The molecule has 8 heteroatoms. The molecular weight excluding hydrogens is 386 g/mol. The first-order valence-corrected chi connectivity index (χ1v) is 9.75. The summed E-state index contributed by atoms with van der Waals surface area (Å²) in [5, 5.41) is 14.5. The van der Waals surface area contributed by atoms with Gasteiger partial charge in [0.1, 0.15) is 6.54 Å². The van der Waals surface area contributed by atoms with Crippen molar-refractivity contribution in [3.8, 4) is 0 Å². The van der Waals surface area contributed by atoms with Crippen molar-refractivity contribution in [3.63, 3.8) is 0 Å². The molecule has 1 atom stereocenters. The molecule has 0 aliphatic heterocycles. The Hall–Kier alpha value is -3.42. The number of aryl methyl sites for hydroxylation is 1. The van der Waals surface area contributed by atoms with Gasteiger partial charge in [0.05, 0.1) is 0 Å². The molecule has 30 heavy (non-hydrogen) atoms. The molecule has 1 aromatic heterocycles. The normalized spacial score (nSPS) is 11.5. The predicted molar refractivity (Wildman–Crippen MR) is 112 cm³/mol. The van der Waals surface area contributed by atoms with Crippen LogP contribution in [0.2, 0.25) is 0 Å². The Morgan fingerprint density at radius 3 is 2.57 bits per heavy atom. The Morgan fingerprint density at radius 1 is 1.17 bits per heavy atom. The van der Waals surface area contributed by atoms with Crippen molar-refractivity contribution in [2.24, 2.45) is 0 Å². The van der Waals surface area contributed by atoms with Crippen LogP contribution in [-0.2, 0) is 14.3 Å². The molecule has 0 fully saturated rings. The van der Waals surface area contributed by atoms with Crippen LogP contribution in [0.1, 0.15) is 41.9 Å². The number of nitrogens with zero attached hydrogens (tertiary/aromatic N) is 2. The standard InChI is InChI=1S/C22H27N3O5/c1-5-16(3)24(13-20(26)23-18-10-8-9-15(2)17(18)4)21(27)14-30-22(28)19-11-6-7-12-25(19)29/h6-12,16H,5,13-14H2,1-4H3,(H,23,26)/t16-/m1/s1. The van der Waals surface area contributed by atoms with Gasteiger partial charge in [-0.25, -0.2) is 4.79 Å². The Bertz CT molecular complexity index is 929. The zero-order valence-electron chi connectivity index (χ0n) is 17.7. The Balaban J connectivity index is 2.03. The van der Waals surface area contributed by atoms with Gasteiger partial charge in [-0.2, -0.15) is 4.73 Å². The summed E-state index contributed by atoms with van der Waals surface area (Å²) in [6.45, 7) is 6.83. The summed E-state index contributed by atoms with van der Waals surface area (Å²) in [5.74, 6) is -1.76. The minimum absolute atomic E-state index is 0.175. The maximum Gasteiger partial charge on any atom is 0.405 e. The highest BCUT2D eigenvalue weighted by Crippen LogP contribution is 2.18. The van der Waals surface area contributed by atoms with E-state index in [1.807, 2.05) is 39.8 Å². The average Bonchev–Trinajstić information content (AvgIpc) is 2.73. The topological polar surface area (TPSA) is 103 Å². The number of carbonyl (C=O) groups is 3. The molecule has 0 bridgehead atoms. The van der Waals surface area contributed by atoms with Gasteiger partial charge in [-0.3, -0.25) is 9.59 Å². The Kier molecular flexibility index (Phi) is 7.91. The lowest BCUT2D eigenvalue weighted by atomic mass is 10.1. The van der Waals surface area contributed by atoms with E-state index in [0.717, 1.165) is 11.1 Å². The zero-order chi connectivity index (χ0) is 22.3. The number of ether oxygens (including phenoxy) is 1. The van der Waals surface area contributed by atoms with E-state index < -0.39 is 18.5 Å². The van der Waals surface area contributed by atoms with E-state index in [4.69, 9.17) is 4.74 Å². The van der Waals surface area contributed by atoms with Gasteiger partial charge in [0.25, 0.3) is 5.91 Å². The van der Waals surface area contributed by atoms with Gasteiger partial charge in [0.15, 0.2) is 12.8 Å². The minimum atomic E-state index is -0.900. The van der Waals surface area contributed by atoms with Crippen molar-refractivity contribution in [1.82, 2.24) is 4.90 Å². The molecular formula is C22H27N3O5. The number of anilines is 1. The number of hydrogen-bond donors (Lipinski definition) is 1. The van der Waals surface area contributed by atoms with Crippen LogP contribution >= 0.6 is 0 Å². The maximum absolute atomic E-state index is 12.7. The molecule has 0 spiro atoms. The minimum Gasteiger partial charge on any atom is -0.618 e. The number of carbonyl (C=O) groups excluding carboxylic acids is 3. The third kappa shape index (κ3) is 5.79. The van der Waals surface area contributed by atoms with Crippen molar-refractivity contribution < 1.29 is 23.9 Å². The zero-order valence-corrected chi connectivity index (χ0v) is 17.7. The number of amides is 2. The van der Waals surface area contributed by atoms with Crippen molar-refractivity contribution >= 4 is 23.5 Å². The first-order chi connectivity index (χ1) is 14.2. The number of hydrogen-bond acceptors (Lipinski definition) is 5. The molecule has 160 valence electrons. The largest absolute Gasteiger partial charge is 0.618 e. The van der Waals surface area contributed by atoms with E-state index in [0.29, 0.717) is 16.8 Å². The molecule has 0 saturated carbocycles. The SMILES string of the molecule is CC[C@@H](C)N(CC(=O)Nc1cccc(C)c1C)C(=O)COC(=O)c1cccc[n+]1[O-]. The molecule has 0 radical (unpaired) electrons. The van der Waals surface area contributed by atoms with Crippen LogP contribution in [0, 0.1) is 19.1 Å². The first-order valence-electron chi connectivity index (χ1n) is 9.75. The highest BCUT2D eigenvalue weighted by molar-refractivity contribution is 5.96. The van der Waals surface area contributed by atoms with Crippen molar-refractivity contribution in [3.05, 3.63) is 64.6 Å². The van der Waals surface area contributed by atoms with E-state index in [1.54, 1.807) is 6.07 Å². The van der Waals surface area contributed by atoms with Crippen LogP contribution in [0.4, 0.5) is 5.69 Å². The number of pyridine rings is 1. The number of aromatic nitrogens is 1. The number of nitrogens with one attached hydrogen (secondary N) is 1. The Labute approximate surface area is 176 Å². The van der Waals surface area contributed by atoms with Gasteiger partial charge < -0.3 is 20.2 Å². The fourth-order valence-corrected chi connectivity index (χ4v) is 2.81. The van der Waals surface area contributed by atoms with Crippen molar-refractivity contribution in [1.29, 1.82) is 0 Å². The maximum atomic E-state index is 12.7. The van der Waals surface area contributed by atoms with Gasteiger partial charge in [-0.1, -0.05) is 19.1 Å². The summed E-state index contributed by atoms with van der Waals surface area (Å²) in [7, 11) is 0. The molecule has 0 aliphatic carbocycles. The summed E-state index contributed by atoms with van der Waals surface area (Å²) < 4.78 is 5.37. The second-order valence-electron chi connectivity index (χ2n) is 7.06. The summed E-state index contributed by atoms with van der Waals surface area (Å²) in [4.78, 5) is 38.7. The van der Waals surface area contributed by atoms with Gasteiger partial charge in [0.2, 0.25) is 5.91 Å². The Morgan fingerprint density at radius 2 is 1.90 bits per heavy atom. The van der Waals surface area contributed by atoms with E-state index in [-0.39, 0.29) is 24.2 Å². The lowest BCUT2D eigenvalue weighted by Gasteiger charge is -2.28. The molecule has 0 saturated heterocycles. The highest BCUT2D eigenvalue weighted by atomic mass is 16.5. The summed E-state index contributed by atoms with van der Waals surface area (Å²) in [6, 6.07) is 9.68. The molecule has 2 aromatic rings. The van der Waals surface area contributed by atoms with Gasteiger partial charge in [-0.05, 0) is 50.5 Å². The fourth-order valence-electron chi connectivity index (χ4n) is 2.81. The average molecular weight is 413 g/mol. The van der Waals surface area contributed by atoms with E-state index >= 15 is 0 Å². The van der Waals surface area contributed by atoms with E-state index in [1.165, 1.54) is 29.3 Å². The van der Waals surface area contributed by atoms with Gasteiger partial charge >= 0.3 is 11.7 Å². The third-order valence-corrected chi connectivity index (χ3v) is 5.00. The molecule has 1 heterocycles. The molecule has 1 N–H and O–H groups in total. The summed E-state index contributed by atoms with van der Waals surface area (Å²) in [6.07, 6.45) is 1.79. The highest BCUT2D eigenvalue weighted by Gasteiger charge is 2.25. The van der Waals surface area contributed by atoms with Crippen LogP contribution in [0.25, 0.3) is 0 Å². The monoisotopic (exact) mass is 413 g/mol. The van der Waals surface area contributed by atoms with Crippen molar-refractivity contribution in [2.75, 3.05) is 18.5 Å². The number of rotatable bonds is 8. The lowest BCUT2D eigenvalue weighted by molar-refractivity contribution is -0.608. The van der Waals surface area contributed by atoms with Crippen LogP contribution in [0.5, 0.6) is 0 Å². The number of esters is 1. The van der Waals surface area contributed by atoms with Crippen LogP contribution < -0.4 is 10.0 Å². The third-order valence-electron chi connectivity index (χ3n) is 5.00. The lowest BCUT2D eigenvalue weighted by Crippen LogP contribution is -2.45. The molecule has 2 rings (SSSR count). The first kappa shape index (κ1) is 22.9. The van der Waals surface area contributed by atoms with Crippen molar-refractivity contribution in [2.45, 2.75) is 40.2 Å². The second-order valence-corrected chi connectivity index (χ2v) is 7.06. The fraction of sp³-hybridized carbons (Fsp3) is 0.364. The van der Waals surface area contributed by atoms with Gasteiger partial charge in [0, 0.05) is 23.9 Å². The van der Waals surface area contributed by atoms with E-state index in [2.05, 4.69) is 5.32 Å². The molecule has 0 unspecified atom stereocenters. The molecule has 8 nitrogen and oxygen atoms in total. The molecule has 2 amide bonds. The predicted octanol–water partition coefficient (Wildman–Crippen LogP) is 2.36. The molecule has 0 aliphatic rings. The van der Waals surface area contributed by atoms with Crippen LogP contribution in [0.3, 0.4) is 0 Å². The second kappa shape index (κ2) is 10.4. The summed E-state index contributed by atoms with van der Waals surface area (Å²) in [5.41, 5.74) is 2.47. The van der Waals surface area contributed by atoms with Crippen LogP contribution in [0.15, 0.2) is 42.6 Å². The van der Waals surface area contributed by atoms with E-state index in [9.17, 15) is 19.6 Å². The quantitative estimate of drug-likeness (QED) is 0.407. The smallest absolute Gasteiger partial charge is 0.405 e. The number of benzene rings is 1.